The summed E-state index contributed by atoms with van der Waals surface area (Å²) in [6, 6.07) is -0.547. The van der Waals surface area contributed by atoms with Crippen LogP contribution in [0.4, 0.5) is 4.79 Å². The van der Waals surface area contributed by atoms with Gasteiger partial charge in [-0.25, -0.2) is 13.2 Å². The number of hydrogen-bond acceptors (Lipinski definition) is 4. The van der Waals surface area contributed by atoms with Crippen molar-refractivity contribution in [2.75, 3.05) is 24.6 Å². The highest BCUT2D eigenvalue weighted by Gasteiger charge is 2.29. The minimum Gasteiger partial charge on any atom is -0.343 e. The van der Waals surface area contributed by atoms with Crippen molar-refractivity contribution in [3.63, 3.8) is 0 Å². The molecule has 0 saturated carbocycles. The fourth-order valence-corrected chi connectivity index (χ4v) is 4.33. The standard InChI is InChI=1S/C12H21N3O4S/c1-9(16)15-5-2-10(3-6-15)13-12(17)14-11-4-7-20(18,19)8-11/h10-11H,2-8H2,1H3,(H2,13,14,17). The quantitative estimate of drug-likeness (QED) is 0.718. The van der Waals surface area contributed by atoms with E-state index in [0.717, 1.165) is 12.8 Å². The maximum Gasteiger partial charge on any atom is 0.315 e. The van der Waals surface area contributed by atoms with Crippen molar-refractivity contribution in [3.05, 3.63) is 0 Å². The number of nitrogens with one attached hydrogen (secondary N) is 2. The van der Waals surface area contributed by atoms with E-state index in [1.807, 2.05) is 0 Å². The van der Waals surface area contributed by atoms with E-state index in [4.69, 9.17) is 0 Å². The molecule has 20 heavy (non-hydrogen) atoms. The van der Waals surface area contributed by atoms with E-state index in [-0.39, 0.29) is 35.5 Å². The van der Waals surface area contributed by atoms with Crippen LogP contribution in [0.15, 0.2) is 0 Å². The second-order valence-electron chi connectivity index (χ2n) is 5.50. The molecule has 114 valence electrons. The lowest BCUT2D eigenvalue weighted by atomic mass is 10.1. The van der Waals surface area contributed by atoms with Gasteiger partial charge in [-0.15, -0.1) is 0 Å². The third kappa shape index (κ3) is 4.09. The molecule has 2 saturated heterocycles. The number of rotatable bonds is 2. The number of hydrogen-bond donors (Lipinski definition) is 2. The van der Waals surface area contributed by atoms with Gasteiger partial charge >= 0.3 is 6.03 Å². The van der Waals surface area contributed by atoms with Crippen molar-refractivity contribution < 1.29 is 18.0 Å². The van der Waals surface area contributed by atoms with Crippen molar-refractivity contribution in [2.24, 2.45) is 0 Å². The third-order valence-corrected chi connectivity index (χ3v) is 5.61. The van der Waals surface area contributed by atoms with Crippen LogP contribution >= 0.6 is 0 Å². The third-order valence-electron chi connectivity index (χ3n) is 3.84. The van der Waals surface area contributed by atoms with Gasteiger partial charge in [0.25, 0.3) is 0 Å². The van der Waals surface area contributed by atoms with Gasteiger partial charge in [-0.05, 0) is 19.3 Å². The zero-order valence-corrected chi connectivity index (χ0v) is 12.4. The number of carbonyl (C=O) groups excluding carboxylic acids is 2. The van der Waals surface area contributed by atoms with Gasteiger partial charge in [0.15, 0.2) is 9.84 Å². The van der Waals surface area contributed by atoms with E-state index < -0.39 is 9.84 Å². The summed E-state index contributed by atoms with van der Waals surface area (Å²) in [6.45, 7) is 2.84. The first kappa shape index (κ1) is 15.1. The van der Waals surface area contributed by atoms with Gasteiger partial charge < -0.3 is 15.5 Å². The normalized spacial score (nSPS) is 26.2. The highest BCUT2D eigenvalue weighted by Crippen LogP contribution is 2.12. The van der Waals surface area contributed by atoms with Gasteiger partial charge in [-0.1, -0.05) is 0 Å². The van der Waals surface area contributed by atoms with Gasteiger partial charge in [-0.2, -0.15) is 0 Å². The summed E-state index contributed by atoms with van der Waals surface area (Å²) in [5.41, 5.74) is 0. The average Bonchev–Trinajstić information content (AvgIpc) is 2.69. The van der Waals surface area contributed by atoms with Crippen molar-refractivity contribution in [1.82, 2.24) is 15.5 Å². The topological polar surface area (TPSA) is 95.6 Å². The minimum atomic E-state index is -2.98. The predicted molar refractivity (Wildman–Crippen MR) is 74.0 cm³/mol. The molecule has 1 atom stereocenters. The van der Waals surface area contributed by atoms with Crippen LogP contribution in [0.25, 0.3) is 0 Å². The van der Waals surface area contributed by atoms with Crippen LogP contribution < -0.4 is 10.6 Å². The molecule has 0 aliphatic carbocycles. The van der Waals surface area contributed by atoms with Crippen molar-refractivity contribution in [3.8, 4) is 0 Å². The molecular formula is C12H21N3O4S. The molecule has 0 aromatic carbocycles. The summed E-state index contributed by atoms with van der Waals surface area (Å²) in [6.07, 6.45) is 1.95. The van der Waals surface area contributed by atoms with Crippen molar-refractivity contribution >= 4 is 21.8 Å². The van der Waals surface area contributed by atoms with Crippen molar-refractivity contribution in [2.45, 2.75) is 38.3 Å². The second-order valence-corrected chi connectivity index (χ2v) is 7.73. The molecule has 1 unspecified atom stereocenters. The summed E-state index contributed by atoms with van der Waals surface area (Å²) in [5.74, 6) is 0.238. The van der Waals surface area contributed by atoms with Gasteiger partial charge in [0.05, 0.1) is 11.5 Å². The highest BCUT2D eigenvalue weighted by atomic mass is 32.2. The molecule has 3 amide bonds. The molecule has 0 bridgehead atoms. The first-order valence-corrected chi connectivity index (χ1v) is 8.71. The number of carbonyl (C=O) groups is 2. The number of nitrogens with zero attached hydrogens (tertiary/aromatic N) is 1. The van der Waals surface area contributed by atoms with Crippen LogP contribution in [0.2, 0.25) is 0 Å². The van der Waals surface area contributed by atoms with Crippen LogP contribution in [0.5, 0.6) is 0 Å². The van der Waals surface area contributed by atoms with Crippen molar-refractivity contribution in [1.29, 1.82) is 0 Å². The monoisotopic (exact) mass is 303 g/mol. The summed E-state index contributed by atoms with van der Waals surface area (Å²) in [7, 11) is -2.98. The summed E-state index contributed by atoms with van der Waals surface area (Å²) >= 11 is 0. The first-order chi connectivity index (χ1) is 9.35. The fraction of sp³-hybridized carbons (Fsp3) is 0.833. The molecule has 0 aromatic rings. The number of likely N-dealkylation sites (tertiary alicyclic amines) is 1. The molecule has 2 rings (SSSR count). The maximum absolute atomic E-state index is 11.8. The van der Waals surface area contributed by atoms with Gasteiger partial charge in [0.1, 0.15) is 0 Å². The van der Waals surface area contributed by atoms with Gasteiger partial charge in [-0.3, -0.25) is 4.79 Å². The lowest BCUT2D eigenvalue weighted by Crippen LogP contribution is -2.50. The van der Waals surface area contributed by atoms with E-state index in [0.29, 0.717) is 19.5 Å². The molecule has 2 fully saturated rings. The Morgan fingerprint density at radius 2 is 1.65 bits per heavy atom. The molecule has 0 radical (unpaired) electrons. The molecule has 0 spiro atoms. The molecule has 2 heterocycles. The summed E-state index contributed by atoms with van der Waals surface area (Å²) < 4.78 is 22.6. The average molecular weight is 303 g/mol. The van der Waals surface area contributed by atoms with E-state index in [2.05, 4.69) is 10.6 Å². The van der Waals surface area contributed by atoms with Crippen LogP contribution in [0.3, 0.4) is 0 Å². The maximum atomic E-state index is 11.8. The van der Waals surface area contributed by atoms with Crippen LogP contribution in [-0.2, 0) is 14.6 Å². The number of urea groups is 1. The molecule has 2 N–H and O–H groups in total. The molecule has 0 aromatic heterocycles. The number of sulfone groups is 1. The Hall–Kier alpha value is -1.31. The van der Waals surface area contributed by atoms with Crippen LogP contribution in [0, 0.1) is 0 Å². The Balaban J connectivity index is 1.72. The molecular weight excluding hydrogens is 282 g/mol. The zero-order chi connectivity index (χ0) is 14.8. The molecule has 7 nitrogen and oxygen atoms in total. The predicted octanol–water partition coefficient (Wildman–Crippen LogP) is -0.516. The Labute approximate surface area is 119 Å². The zero-order valence-electron chi connectivity index (χ0n) is 11.6. The molecule has 2 aliphatic heterocycles. The smallest absolute Gasteiger partial charge is 0.315 e. The molecule has 2 aliphatic rings. The van der Waals surface area contributed by atoms with Crippen LogP contribution in [-0.4, -0.2) is 61.9 Å². The highest BCUT2D eigenvalue weighted by molar-refractivity contribution is 7.91. The van der Waals surface area contributed by atoms with Crippen LogP contribution in [0.1, 0.15) is 26.2 Å². The van der Waals surface area contributed by atoms with Gasteiger partial charge in [0.2, 0.25) is 5.91 Å². The van der Waals surface area contributed by atoms with E-state index in [9.17, 15) is 18.0 Å². The Bertz CT molecular complexity index is 483. The van der Waals surface area contributed by atoms with E-state index >= 15 is 0 Å². The van der Waals surface area contributed by atoms with E-state index in [1.54, 1.807) is 11.8 Å². The first-order valence-electron chi connectivity index (χ1n) is 6.89. The van der Waals surface area contributed by atoms with E-state index in [1.165, 1.54) is 0 Å². The largest absolute Gasteiger partial charge is 0.343 e. The summed E-state index contributed by atoms with van der Waals surface area (Å²) in [4.78, 5) is 24.7. The SMILES string of the molecule is CC(=O)N1CCC(NC(=O)NC2CCS(=O)(=O)C2)CC1. The molecule has 8 heteroatoms. The number of amides is 3. The second kappa shape index (κ2) is 5.99. The fourth-order valence-electron chi connectivity index (χ4n) is 2.66. The summed E-state index contributed by atoms with van der Waals surface area (Å²) in [5, 5.41) is 5.56. The minimum absolute atomic E-state index is 0.0310. The lowest BCUT2D eigenvalue weighted by Gasteiger charge is -2.31. The Morgan fingerprint density at radius 3 is 2.15 bits per heavy atom. The Kier molecular flexibility index (Phi) is 4.52. The lowest BCUT2D eigenvalue weighted by molar-refractivity contribution is -0.129. The number of piperidine rings is 1. The van der Waals surface area contributed by atoms with Gasteiger partial charge in [0, 0.05) is 32.1 Å². The Morgan fingerprint density at radius 1 is 1.05 bits per heavy atom.